The van der Waals surface area contributed by atoms with E-state index in [4.69, 9.17) is 5.73 Å². The normalized spacial score (nSPS) is 15.8. The molecule has 22 heavy (non-hydrogen) atoms. The number of carbonyl (C=O) groups excluding carboxylic acids is 1. The van der Waals surface area contributed by atoms with Crippen LogP contribution < -0.4 is 11.1 Å². The molecule has 0 aliphatic carbocycles. The van der Waals surface area contributed by atoms with E-state index in [1.165, 1.54) is 11.1 Å². The molecule has 0 fully saturated rings. The zero-order valence-corrected chi connectivity index (χ0v) is 15.1. The highest BCUT2D eigenvalue weighted by atomic mass is 35.5. The summed E-state index contributed by atoms with van der Waals surface area (Å²) in [6, 6.07) is 8.90. The summed E-state index contributed by atoms with van der Waals surface area (Å²) in [7, 11) is 0. The maximum Gasteiger partial charge on any atom is 0.239 e. The Labute approximate surface area is 145 Å². The van der Waals surface area contributed by atoms with Crippen molar-refractivity contribution in [2.45, 2.75) is 45.3 Å². The summed E-state index contributed by atoms with van der Waals surface area (Å²) in [5.74, 6) is -0.0956. The Morgan fingerprint density at radius 2 is 1.91 bits per heavy atom. The lowest BCUT2D eigenvalue weighted by Crippen LogP contribution is -2.52. The number of rotatable bonds is 4. The highest BCUT2D eigenvalue weighted by Gasteiger charge is 2.24. The number of halogens is 2. The smallest absolute Gasteiger partial charge is 0.239 e. The third-order valence-electron chi connectivity index (χ3n) is 3.93. The van der Waals surface area contributed by atoms with E-state index in [0.29, 0.717) is 12.6 Å². The number of amides is 1. The Hall–Kier alpha value is -0.810. The Bertz CT molecular complexity index is 489. The van der Waals surface area contributed by atoms with E-state index >= 15 is 0 Å². The van der Waals surface area contributed by atoms with Gasteiger partial charge in [-0.15, -0.1) is 24.8 Å². The summed E-state index contributed by atoms with van der Waals surface area (Å²) in [5, 5.41) is 2.94. The van der Waals surface area contributed by atoms with Crippen LogP contribution in [0.5, 0.6) is 0 Å². The van der Waals surface area contributed by atoms with Gasteiger partial charge in [0.2, 0.25) is 5.91 Å². The second-order valence-corrected chi connectivity index (χ2v) is 6.27. The molecule has 1 aliphatic rings. The number of nitrogens with one attached hydrogen (secondary N) is 1. The minimum absolute atomic E-state index is 0. The van der Waals surface area contributed by atoms with Crippen molar-refractivity contribution in [1.29, 1.82) is 0 Å². The first-order valence-corrected chi connectivity index (χ1v) is 7.26. The van der Waals surface area contributed by atoms with Crippen LogP contribution in [-0.4, -0.2) is 35.5 Å². The van der Waals surface area contributed by atoms with E-state index in [-0.39, 0.29) is 30.7 Å². The molecule has 1 unspecified atom stereocenters. The molecule has 6 heteroatoms. The van der Waals surface area contributed by atoms with E-state index in [1.54, 1.807) is 13.8 Å². The van der Waals surface area contributed by atoms with Gasteiger partial charge in [0, 0.05) is 25.7 Å². The predicted octanol–water partition coefficient (Wildman–Crippen LogP) is 2.13. The Morgan fingerprint density at radius 3 is 2.50 bits per heavy atom. The van der Waals surface area contributed by atoms with Crippen LogP contribution >= 0.6 is 24.8 Å². The maximum atomic E-state index is 11.8. The molecule has 0 saturated carbocycles. The molecule has 3 N–H and O–H groups in total. The molecule has 0 saturated heterocycles. The van der Waals surface area contributed by atoms with E-state index in [0.717, 1.165) is 19.5 Å². The Morgan fingerprint density at radius 1 is 1.32 bits per heavy atom. The zero-order valence-electron chi connectivity index (χ0n) is 13.5. The number of hydrogen-bond donors (Lipinski definition) is 2. The molecule has 0 bridgehead atoms. The molecule has 1 aromatic carbocycles. The number of hydrogen-bond acceptors (Lipinski definition) is 3. The molecule has 0 aromatic heterocycles. The molecule has 1 amide bonds. The molecule has 126 valence electrons. The first-order chi connectivity index (χ1) is 9.38. The second kappa shape index (κ2) is 8.73. The van der Waals surface area contributed by atoms with Crippen molar-refractivity contribution in [3.8, 4) is 0 Å². The lowest BCUT2D eigenvalue weighted by molar-refractivity contribution is -0.125. The highest BCUT2D eigenvalue weighted by molar-refractivity contribution is 5.85. The van der Waals surface area contributed by atoms with Gasteiger partial charge in [0.05, 0.1) is 5.54 Å². The molecule has 1 atom stereocenters. The molecule has 2 rings (SSSR count). The molecule has 1 heterocycles. The Balaban J connectivity index is 0.00000220. The van der Waals surface area contributed by atoms with Crippen LogP contribution in [0, 0.1) is 0 Å². The van der Waals surface area contributed by atoms with Crippen molar-refractivity contribution >= 4 is 30.7 Å². The number of nitrogens with zero attached hydrogens (tertiary/aromatic N) is 1. The van der Waals surface area contributed by atoms with E-state index in [1.807, 2.05) is 0 Å². The molecule has 0 spiro atoms. The molecule has 0 radical (unpaired) electrons. The molecule has 1 aromatic rings. The summed E-state index contributed by atoms with van der Waals surface area (Å²) in [6.07, 6.45) is 1.08. The number of benzene rings is 1. The third-order valence-corrected chi connectivity index (χ3v) is 3.93. The van der Waals surface area contributed by atoms with Crippen molar-refractivity contribution in [2.24, 2.45) is 5.73 Å². The van der Waals surface area contributed by atoms with Gasteiger partial charge >= 0.3 is 0 Å². The van der Waals surface area contributed by atoms with Gasteiger partial charge in [-0.2, -0.15) is 0 Å². The van der Waals surface area contributed by atoms with Crippen LogP contribution in [0.25, 0.3) is 0 Å². The Kier molecular flexibility index (Phi) is 8.40. The summed E-state index contributed by atoms with van der Waals surface area (Å²) in [5.41, 5.74) is 7.82. The molecule has 1 aliphatic heterocycles. The quantitative estimate of drug-likeness (QED) is 0.876. The predicted molar refractivity (Wildman–Crippen MR) is 95.8 cm³/mol. The van der Waals surface area contributed by atoms with Gasteiger partial charge in [0.25, 0.3) is 0 Å². The van der Waals surface area contributed by atoms with Crippen molar-refractivity contribution in [3.05, 3.63) is 35.4 Å². The average Bonchev–Trinajstić information content (AvgIpc) is 2.42. The molecule has 4 nitrogen and oxygen atoms in total. The first-order valence-electron chi connectivity index (χ1n) is 7.26. The molecular formula is C16H27Cl2N3O. The van der Waals surface area contributed by atoms with Gasteiger partial charge in [-0.1, -0.05) is 24.3 Å². The van der Waals surface area contributed by atoms with Gasteiger partial charge < -0.3 is 11.1 Å². The lowest BCUT2D eigenvalue weighted by Gasteiger charge is -2.34. The van der Waals surface area contributed by atoms with Crippen molar-refractivity contribution in [1.82, 2.24) is 10.2 Å². The van der Waals surface area contributed by atoms with Crippen molar-refractivity contribution < 1.29 is 4.79 Å². The number of nitrogens with two attached hydrogens (primary N) is 1. The minimum Gasteiger partial charge on any atom is -0.353 e. The van der Waals surface area contributed by atoms with Crippen LogP contribution in [0.2, 0.25) is 0 Å². The van der Waals surface area contributed by atoms with Crippen LogP contribution in [-0.2, 0) is 17.8 Å². The van der Waals surface area contributed by atoms with Gasteiger partial charge in [0.15, 0.2) is 0 Å². The lowest BCUT2D eigenvalue weighted by atomic mass is 9.99. The summed E-state index contributed by atoms with van der Waals surface area (Å²) < 4.78 is 0. The number of carbonyl (C=O) groups is 1. The van der Waals surface area contributed by atoms with Crippen LogP contribution in [0.3, 0.4) is 0 Å². The summed E-state index contributed by atoms with van der Waals surface area (Å²) in [6.45, 7) is 8.24. The van der Waals surface area contributed by atoms with Gasteiger partial charge in [0.1, 0.15) is 0 Å². The van der Waals surface area contributed by atoms with Crippen LogP contribution in [0.1, 0.15) is 31.9 Å². The van der Waals surface area contributed by atoms with Crippen molar-refractivity contribution in [2.75, 3.05) is 13.1 Å². The van der Waals surface area contributed by atoms with Gasteiger partial charge in [-0.25, -0.2) is 0 Å². The van der Waals surface area contributed by atoms with Crippen LogP contribution in [0.4, 0.5) is 0 Å². The van der Waals surface area contributed by atoms with E-state index in [9.17, 15) is 4.79 Å². The fourth-order valence-corrected chi connectivity index (χ4v) is 2.49. The van der Waals surface area contributed by atoms with E-state index in [2.05, 4.69) is 41.4 Å². The first kappa shape index (κ1) is 21.2. The minimum atomic E-state index is -0.811. The highest BCUT2D eigenvalue weighted by Crippen LogP contribution is 2.19. The van der Waals surface area contributed by atoms with Crippen LogP contribution in [0.15, 0.2) is 24.3 Å². The fraction of sp³-hybridized carbons (Fsp3) is 0.562. The van der Waals surface area contributed by atoms with Gasteiger partial charge in [-0.3, -0.25) is 9.69 Å². The summed E-state index contributed by atoms with van der Waals surface area (Å²) in [4.78, 5) is 14.2. The van der Waals surface area contributed by atoms with Crippen molar-refractivity contribution in [3.63, 3.8) is 0 Å². The zero-order chi connectivity index (χ0) is 14.8. The second-order valence-electron chi connectivity index (χ2n) is 6.27. The average molecular weight is 348 g/mol. The summed E-state index contributed by atoms with van der Waals surface area (Å²) >= 11 is 0. The third kappa shape index (κ3) is 5.43. The fourth-order valence-electron chi connectivity index (χ4n) is 2.49. The standard InChI is InChI=1S/C16H25N3O.2ClH/c1-12(10-18-15(20)16(2,3)17)19-9-8-13-6-4-5-7-14(13)11-19;;/h4-7,12H,8-11,17H2,1-3H3,(H,18,20);2*1H. The monoisotopic (exact) mass is 347 g/mol. The largest absolute Gasteiger partial charge is 0.353 e. The SMILES string of the molecule is CC(CNC(=O)C(C)(C)N)N1CCc2ccccc2C1.Cl.Cl. The number of fused-ring (bicyclic) bond motifs is 1. The van der Waals surface area contributed by atoms with Gasteiger partial charge in [-0.05, 0) is 38.3 Å². The maximum absolute atomic E-state index is 11.8. The van der Waals surface area contributed by atoms with E-state index < -0.39 is 5.54 Å². The topological polar surface area (TPSA) is 58.4 Å². The molecular weight excluding hydrogens is 321 g/mol.